The smallest absolute Gasteiger partial charge is 0.139 e. The largest absolute Gasteiger partial charge is 0.497 e. The van der Waals surface area contributed by atoms with Crippen LogP contribution in [0.3, 0.4) is 0 Å². The molecular formula is C20H17N3O. The summed E-state index contributed by atoms with van der Waals surface area (Å²) in [6, 6.07) is 22.2. The van der Waals surface area contributed by atoms with Gasteiger partial charge in [0, 0.05) is 23.0 Å². The van der Waals surface area contributed by atoms with Gasteiger partial charge >= 0.3 is 0 Å². The number of aromatic nitrogens is 2. The Balaban J connectivity index is 1.71. The second-order valence-corrected chi connectivity index (χ2v) is 5.52. The Kier molecular flexibility index (Phi) is 3.63. The summed E-state index contributed by atoms with van der Waals surface area (Å²) in [6.45, 7) is 0. The molecule has 2 aromatic carbocycles. The molecule has 4 heteroatoms. The first kappa shape index (κ1) is 14.3. The van der Waals surface area contributed by atoms with E-state index >= 15 is 0 Å². The standard InChI is InChI=1S/C20H17N3O/c1-24-16-9-7-15(8-10-16)22-20-17-13-19(14-5-3-2-4-6-14)23-18(17)11-12-21-20/h2-13,23H,1H3,(H,21,22). The minimum atomic E-state index is 0.830. The molecule has 0 saturated heterocycles. The van der Waals surface area contributed by atoms with Crippen LogP contribution in [0.25, 0.3) is 22.2 Å². The van der Waals surface area contributed by atoms with E-state index < -0.39 is 0 Å². The number of pyridine rings is 1. The number of benzene rings is 2. The number of rotatable bonds is 4. The van der Waals surface area contributed by atoms with E-state index in [0.29, 0.717) is 0 Å². The van der Waals surface area contributed by atoms with E-state index in [0.717, 1.165) is 39.4 Å². The average Bonchev–Trinajstić information content (AvgIpc) is 3.08. The highest BCUT2D eigenvalue weighted by atomic mass is 16.5. The van der Waals surface area contributed by atoms with Crippen LogP contribution in [0.2, 0.25) is 0 Å². The Morgan fingerprint density at radius 3 is 2.50 bits per heavy atom. The highest BCUT2D eigenvalue weighted by molar-refractivity contribution is 5.95. The number of anilines is 2. The van der Waals surface area contributed by atoms with Crippen molar-refractivity contribution in [2.45, 2.75) is 0 Å². The summed E-state index contributed by atoms with van der Waals surface area (Å²) in [4.78, 5) is 7.95. The fourth-order valence-electron chi connectivity index (χ4n) is 2.74. The Labute approximate surface area is 140 Å². The topological polar surface area (TPSA) is 49.9 Å². The molecule has 0 amide bonds. The van der Waals surface area contributed by atoms with E-state index in [2.05, 4.69) is 33.5 Å². The maximum absolute atomic E-state index is 5.19. The third-order valence-electron chi connectivity index (χ3n) is 3.99. The molecule has 0 atom stereocenters. The zero-order valence-corrected chi connectivity index (χ0v) is 13.3. The predicted molar refractivity (Wildman–Crippen MR) is 97.8 cm³/mol. The molecule has 24 heavy (non-hydrogen) atoms. The molecule has 0 radical (unpaired) electrons. The van der Waals surface area contributed by atoms with Crippen LogP contribution in [0.1, 0.15) is 0 Å². The molecule has 2 aromatic heterocycles. The SMILES string of the molecule is COc1ccc(Nc2nccc3[nH]c(-c4ccccc4)cc23)cc1. The van der Waals surface area contributed by atoms with Gasteiger partial charge in [-0.25, -0.2) is 4.98 Å². The van der Waals surface area contributed by atoms with Crippen molar-refractivity contribution >= 4 is 22.4 Å². The Morgan fingerprint density at radius 2 is 1.75 bits per heavy atom. The van der Waals surface area contributed by atoms with Gasteiger partial charge in [0.1, 0.15) is 11.6 Å². The van der Waals surface area contributed by atoms with E-state index in [9.17, 15) is 0 Å². The third kappa shape index (κ3) is 2.70. The van der Waals surface area contributed by atoms with Crippen molar-refractivity contribution in [1.82, 2.24) is 9.97 Å². The number of hydrogen-bond donors (Lipinski definition) is 2. The first-order chi connectivity index (χ1) is 11.8. The monoisotopic (exact) mass is 315 g/mol. The lowest BCUT2D eigenvalue weighted by Gasteiger charge is -2.07. The molecule has 4 aromatic rings. The van der Waals surface area contributed by atoms with E-state index in [1.165, 1.54) is 0 Å². The highest BCUT2D eigenvalue weighted by Crippen LogP contribution is 2.29. The highest BCUT2D eigenvalue weighted by Gasteiger charge is 2.08. The average molecular weight is 315 g/mol. The second-order valence-electron chi connectivity index (χ2n) is 5.52. The van der Waals surface area contributed by atoms with Crippen molar-refractivity contribution in [3.8, 4) is 17.0 Å². The van der Waals surface area contributed by atoms with Gasteiger partial charge in [-0.05, 0) is 42.0 Å². The van der Waals surface area contributed by atoms with Gasteiger partial charge in [0.2, 0.25) is 0 Å². The molecule has 0 unspecified atom stereocenters. The van der Waals surface area contributed by atoms with Crippen molar-refractivity contribution in [2.75, 3.05) is 12.4 Å². The maximum atomic E-state index is 5.19. The number of nitrogens with one attached hydrogen (secondary N) is 2. The Morgan fingerprint density at radius 1 is 0.958 bits per heavy atom. The molecule has 2 N–H and O–H groups in total. The lowest BCUT2D eigenvalue weighted by atomic mass is 10.1. The zero-order chi connectivity index (χ0) is 16.4. The Hall–Kier alpha value is -3.27. The van der Waals surface area contributed by atoms with Crippen molar-refractivity contribution in [1.29, 1.82) is 0 Å². The van der Waals surface area contributed by atoms with Crippen LogP contribution < -0.4 is 10.1 Å². The van der Waals surface area contributed by atoms with Crippen LogP contribution in [0.5, 0.6) is 5.75 Å². The summed E-state index contributed by atoms with van der Waals surface area (Å²) >= 11 is 0. The maximum Gasteiger partial charge on any atom is 0.139 e. The first-order valence-corrected chi connectivity index (χ1v) is 7.78. The van der Waals surface area contributed by atoms with Gasteiger partial charge in [-0.2, -0.15) is 0 Å². The second kappa shape index (κ2) is 6.08. The molecular weight excluding hydrogens is 298 g/mol. The number of methoxy groups -OCH3 is 1. The normalized spacial score (nSPS) is 10.7. The van der Waals surface area contributed by atoms with E-state index in [-0.39, 0.29) is 0 Å². The number of H-pyrrole nitrogens is 1. The molecule has 0 aliphatic rings. The summed E-state index contributed by atoms with van der Waals surface area (Å²) < 4.78 is 5.19. The molecule has 2 heterocycles. The van der Waals surface area contributed by atoms with Crippen molar-refractivity contribution in [3.05, 3.63) is 72.9 Å². The van der Waals surface area contributed by atoms with Gasteiger partial charge in [-0.3, -0.25) is 0 Å². The Bertz CT molecular complexity index is 959. The molecule has 4 rings (SSSR count). The minimum absolute atomic E-state index is 0.830. The number of aromatic amines is 1. The molecule has 0 spiro atoms. The molecule has 0 aliphatic carbocycles. The van der Waals surface area contributed by atoms with Gasteiger partial charge in [0.15, 0.2) is 0 Å². The van der Waals surface area contributed by atoms with Gasteiger partial charge in [-0.1, -0.05) is 30.3 Å². The van der Waals surface area contributed by atoms with Crippen LogP contribution in [0.15, 0.2) is 72.9 Å². The predicted octanol–water partition coefficient (Wildman–Crippen LogP) is 4.98. The van der Waals surface area contributed by atoms with Crippen LogP contribution in [0, 0.1) is 0 Å². The lowest BCUT2D eigenvalue weighted by molar-refractivity contribution is 0.415. The summed E-state index contributed by atoms with van der Waals surface area (Å²) in [5.74, 6) is 1.66. The van der Waals surface area contributed by atoms with E-state index in [1.54, 1.807) is 13.3 Å². The molecule has 0 saturated carbocycles. The van der Waals surface area contributed by atoms with Gasteiger partial charge in [0.25, 0.3) is 0 Å². The van der Waals surface area contributed by atoms with Crippen LogP contribution in [0.4, 0.5) is 11.5 Å². The molecule has 0 bridgehead atoms. The van der Waals surface area contributed by atoms with Gasteiger partial charge in [0.05, 0.1) is 12.6 Å². The zero-order valence-electron chi connectivity index (χ0n) is 13.3. The summed E-state index contributed by atoms with van der Waals surface area (Å²) in [7, 11) is 1.66. The van der Waals surface area contributed by atoms with Crippen LogP contribution in [-0.2, 0) is 0 Å². The summed E-state index contributed by atoms with van der Waals surface area (Å²) in [5, 5.41) is 4.44. The fourth-order valence-corrected chi connectivity index (χ4v) is 2.74. The fraction of sp³-hybridized carbons (Fsp3) is 0.0500. The van der Waals surface area contributed by atoms with Crippen molar-refractivity contribution < 1.29 is 4.74 Å². The number of nitrogens with zero attached hydrogens (tertiary/aromatic N) is 1. The van der Waals surface area contributed by atoms with E-state index in [4.69, 9.17) is 4.74 Å². The molecule has 118 valence electrons. The van der Waals surface area contributed by atoms with Crippen molar-refractivity contribution in [2.24, 2.45) is 0 Å². The van der Waals surface area contributed by atoms with Gasteiger partial charge < -0.3 is 15.0 Å². The van der Waals surface area contributed by atoms with Crippen molar-refractivity contribution in [3.63, 3.8) is 0 Å². The molecule has 0 fully saturated rings. The minimum Gasteiger partial charge on any atom is -0.497 e. The number of fused-ring (bicyclic) bond motifs is 1. The van der Waals surface area contributed by atoms with Crippen LogP contribution in [-0.4, -0.2) is 17.1 Å². The summed E-state index contributed by atoms with van der Waals surface area (Å²) in [5.41, 5.74) is 4.26. The first-order valence-electron chi connectivity index (χ1n) is 7.78. The number of ether oxygens (including phenoxy) is 1. The number of hydrogen-bond acceptors (Lipinski definition) is 3. The molecule has 4 nitrogen and oxygen atoms in total. The molecule has 0 aliphatic heterocycles. The summed E-state index contributed by atoms with van der Waals surface area (Å²) in [6.07, 6.45) is 1.81. The lowest BCUT2D eigenvalue weighted by Crippen LogP contribution is -1.93. The third-order valence-corrected chi connectivity index (χ3v) is 3.99. The van der Waals surface area contributed by atoms with Crippen LogP contribution >= 0.6 is 0 Å². The van der Waals surface area contributed by atoms with E-state index in [1.807, 2.05) is 48.5 Å². The quantitative estimate of drug-likeness (QED) is 0.558. The van der Waals surface area contributed by atoms with Gasteiger partial charge in [-0.15, -0.1) is 0 Å².